The summed E-state index contributed by atoms with van der Waals surface area (Å²) in [7, 11) is 0. The molecule has 0 radical (unpaired) electrons. The lowest BCUT2D eigenvalue weighted by Crippen LogP contribution is -2.58. The third-order valence-corrected chi connectivity index (χ3v) is 6.22. The summed E-state index contributed by atoms with van der Waals surface area (Å²) >= 11 is 1.41. The van der Waals surface area contributed by atoms with Crippen molar-refractivity contribution in [3.8, 4) is 5.75 Å². The zero-order chi connectivity index (χ0) is 28.7. The van der Waals surface area contributed by atoms with Crippen LogP contribution in [0.4, 0.5) is 0 Å². The third-order valence-electron chi connectivity index (χ3n) is 5.58. The van der Waals surface area contributed by atoms with Gasteiger partial charge in [-0.1, -0.05) is 18.6 Å². The first-order valence-electron chi connectivity index (χ1n) is 12.1. The Labute approximate surface area is 225 Å². The van der Waals surface area contributed by atoms with Crippen LogP contribution in [0, 0.1) is 0 Å². The van der Waals surface area contributed by atoms with E-state index >= 15 is 0 Å². The molecule has 4 amide bonds. The van der Waals surface area contributed by atoms with E-state index in [1.807, 2.05) is 0 Å². The van der Waals surface area contributed by atoms with Crippen LogP contribution in [-0.2, 0) is 30.4 Å². The first-order chi connectivity index (χ1) is 18.0. The molecule has 0 bridgehead atoms. The number of primary amides is 1. The van der Waals surface area contributed by atoms with Crippen molar-refractivity contribution in [1.82, 2.24) is 16.0 Å². The minimum atomic E-state index is -1.56. The van der Waals surface area contributed by atoms with Crippen LogP contribution in [0.15, 0.2) is 24.3 Å². The molecule has 0 heterocycles. The fourth-order valence-electron chi connectivity index (χ4n) is 3.45. The molecule has 0 aliphatic rings. The highest BCUT2D eigenvalue weighted by atomic mass is 32.2. The largest absolute Gasteiger partial charge is 0.508 e. The maximum absolute atomic E-state index is 13.3. The lowest BCUT2D eigenvalue weighted by molar-refractivity contribution is -0.143. The van der Waals surface area contributed by atoms with E-state index in [9.17, 15) is 34.2 Å². The normalized spacial score (nSPS) is 14.0. The fraction of sp³-hybridized carbons (Fsp3) is 0.542. The van der Waals surface area contributed by atoms with Crippen molar-refractivity contribution in [2.24, 2.45) is 17.2 Å². The van der Waals surface area contributed by atoms with Crippen molar-refractivity contribution in [2.45, 2.75) is 62.7 Å². The molecule has 0 aliphatic carbocycles. The molecule has 4 atom stereocenters. The third kappa shape index (κ3) is 12.3. The highest BCUT2D eigenvalue weighted by molar-refractivity contribution is 7.98. The smallest absolute Gasteiger partial charge is 0.326 e. The van der Waals surface area contributed by atoms with Crippen molar-refractivity contribution < 1.29 is 34.2 Å². The lowest BCUT2D eigenvalue weighted by atomic mass is 10.0. The van der Waals surface area contributed by atoms with Gasteiger partial charge in [0.25, 0.3) is 0 Å². The molecule has 1 aromatic carbocycles. The standard InChI is InChI=1S/C24H38N6O7S/c1-38-11-9-17(22(34)30-19(24(36)37)13-20(27)32)28-23(35)18(12-14-5-7-15(31)8-6-14)29-21(33)16(26)4-2-3-10-25/h5-8,16-19,31H,2-4,9-13,25-26H2,1H3,(H2,27,32)(H,28,35)(H,29,33)(H,30,34)(H,36,37). The summed E-state index contributed by atoms with van der Waals surface area (Å²) in [6, 6.07) is 1.32. The van der Waals surface area contributed by atoms with Crippen LogP contribution in [0.2, 0.25) is 0 Å². The van der Waals surface area contributed by atoms with Gasteiger partial charge in [-0.05, 0) is 55.5 Å². The van der Waals surface area contributed by atoms with Crippen LogP contribution in [0.5, 0.6) is 5.75 Å². The molecule has 0 fully saturated rings. The summed E-state index contributed by atoms with van der Waals surface area (Å²) in [5.74, 6) is -3.95. The molecule has 11 N–H and O–H groups in total. The van der Waals surface area contributed by atoms with E-state index in [0.29, 0.717) is 37.1 Å². The molecule has 13 nitrogen and oxygen atoms in total. The summed E-state index contributed by atoms with van der Waals surface area (Å²) < 4.78 is 0. The van der Waals surface area contributed by atoms with Crippen LogP contribution in [-0.4, -0.2) is 82.5 Å². The van der Waals surface area contributed by atoms with Crippen molar-refractivity contribution in [1.29, 1.82) is 0 Å². The number of phenols is 1. The Morgan fingerprint density at radius 2 is 1.47 bits per heavy atom. The van der Waals surface area contributed by atoms with E-state index in [-0.39, 0.29) is 18.6 Å². The number of carbonyl (C=O) groups is 5. The van der Waals surface area contributed by atoms with Crippen molar-refractivity contribution in [3.05, 3.63) is 29.8 Å². The number of aromatic hydroxyl groups is 1. The molecule has 0 spiro atoms. The molecular weight excluding hydrogens is 516 g/mol. The van der Waals surface area contributed by atoms with E-state index in [0.717, 1.165) is 0 Å². The van der Waals surface area contributed by atoms with Crippen LogP contribution in [0.25, 0.3) is 0 Å². The first-order valence-corrected chi connectivity index (χ1v) is 13.5. The molecule has 1 rings (SSSR count). The van der Waals surface area contributed by atoms with Crippen LogP contribution < -0.4 is 33.2 Å². The van der Waals surface area contributed by atoms with Crippen molar-refractivity contribution in [2.75, 3.05) is 18.6 Å². The summed E-state index contributed by atoms with van der Waals surface area (Å²) in [6.45, 7) is 0.460. The van der Waals surface area contributed by atoms with Gasteiger partial charge in [-0.25, -0.2) is 4.79 Å². The number of amides is 4. The SMILES string of the molecule is CSCCC(NC(=O)C(Cc1ccc(O)cc1)NC(=O)C(N)CCCCN)C(=O)NC(CC(N)=O)C(=O)O. The zero-order valence-electron chi connectivity index (χ0n) is 21.4. The van der Waals surface area contributed by atoms with Gasteiger partial charge in [0.1, 0.15) is 23.9 Å². The van der Waals surface area contributed by atoms with Crippen LogP contribution in [0.1, 0.15) is 37.7 Å². The summed E-state index contributed by atoms with van der Waals surface area (Å²) in [4.78, 5) is 61.6. The molecule has 212 valence electrons. The average molecular weight is 555 g/mol. The molecule has 0 aliphatic heterocycles. The maximum atomic E-state index is 13.3. The number of unbranched alkanes of at least 4 members (excludes halogenated alkanes) is 1. The Balaban J connectivity index is 3.09. The Hall–Kier alpha value is -3.36. The number of benzene rings is 1. The predicted molar refractivity (Wildman–Crippen MR) is 143 cm³/mol. The van der Waals surface area contributed by atoms with Crippen LogP contribution >= 0.6 is 11.8 Å². The Morgan fingerprint density at radius 1 is 0.895 bits per heavy atom. The topological polar surface area (TPSA) is 240 Å². The lowest BCUT2D eigenvalue weighted by Gasteiger charge is -2.25. The first kappa shape index (κ1) is 32.7. The summed E-state index contributed by atoms with van der Waals surface area (Å²) in [5.41, 5.74) is 17.2. The molecular formula is C24H38N6O7S. The van der Waals surface area contributed by atoms with Crippen molar-refractivity contribution in [3.63, 3.8) is 0 Å². The molecule has 1 aromatic rings. The molecule has 38 heavy (non-hydrogen) atoms. The van der Waals surface area contributed by atoms with Gasteiger partial charge in [0.15, 0.2) is 0 Å². The van der Waals surface area contributed by atoms with Gasteiger partial charge in [-0.2, -0.15) is 11.8 Å². The number of rotatable bonds is 18. The summed E-state index contributed by atoms with van der Waals surface area (Å²) in [6.07, 6.45) is 3.05. The average Bonchev–Trinajstić information content (AvgIpc) is 2.86. The minimum Gasteiger partial charge on any atom is -0.508 e. The number of phenolic OH excluding ortho intramolecular Hbond substituents is 1. The fourth-order valence-corrected chi connectivity index (χ4v) is 3.92. The minimum absolute atomic E-state index is 0.0264. The van der Waals surface area contributed by atoms with Crippen LogP contribution in [0.3, 0.4) is 0 Å². The number of hydrogen-bond donors (Lipinski definition) is 8. The zero-order valence-corrected chi connectivity index (χ0v) is 22.2. The van der Waals surface area contributed by atoms with Gasteiger partial charge >= 0.3 is 5.97 Å². The number of carbonyl (C=O) groups excluding carboxylic acids is 4. The highest BCUT2D eigenvalue weighted by Crippen LogP contribution is 2.12. The number of aliphatic carboxylic acids is 1. The molecule has 0 aromatic heterocycles. The van der Waals surface area contributed by atoms with Gasteiger partial charge in [-0.3, -0.25) is 19.2 Å². The number of thioether (sulfide) groups is 1. The second-order valence-corrected chi connectivity index (χ2v) is 9.72. The summed E-state index contributed by atoms with van der Waals surface area (Å²) in [5, 5.41) is 26.3. The van der Waals surface area contributed by atoms with E-state index in [4.69, 9.17) is 17.2 Å². The number of nitrogens with one attached hydrogen (secondary N) is 3. The monoisotopic (exact) mass is 554 g/mol. The van der Waals surface area contributed by atoms with Gasteiger partial charge in [0.2, 0.25) is 23.6 Å². The Morgan fingerprint density at radius 3 is 2.03 bits per heavy atom. The van der Waals surface area contributed by atoms with E-state index in [2.05, 4.69) is 16.0 Å². The molecule has 0 saturated heterocycles. The second-order valence-electron chi connectivity index (χ2n) is 8.74. The van der Waals surface area contributed by atoms with Gasteiger partial charge < -0.3 is 43.4 Å². The molecule has 0 saturated carbocycles. The molecule has 4 unspecified atom stereocenters. The number of nitrogens with two attached hydrogens (primary N) is 3. The van der Waals surface area contributed by atoms with Gasteiger partial charge in [0, 0.05) is 6.42 Å². The Kier molecular flexibility index (Phi) is 14.8. The number of hydrogen-bond acceptors (Lipinski definition) is 9. The van der Waals surface area contributed by atoms with E-state index in [1.165, 1.54) is 23.9 Å². The maximum Gasteiger partial charge on any atom is 0.326 e. The predicted octanol–water partition coefficient (Wildman–Crippen LogP) is -1.44. The van der Waals surface area contributed by atoms with E-state index in [1.54, 1.807) is 18.4 Å². The van der Waals surface area contributed by atoms with Crippen molar-refractivity contribution >= 4 is 41.4 Å². The highest BCUT2D eigenvalue weighted by Gasteiger charge is 2.31. The molecule has 14 heteroatoms. The van der Waals surface area contributed by atoms with E-state index < -0.39 is 60.2 Å². The van der Waals surface area contributed by atoms with Gasteiger partial charge in [-0.15, -0.1) is 0 Å². The van der Waals surface area contributed by atoms with Gasteiger partial charge in [0.05, 0.1) is 12.5 Å². The quantitative estimate of drug-likeness (QED) is 0.0982. The number of carboxylic acids is 1. The second kappa shape index (κ2) is 17.2. The Bertz CT molecular complexity index is 947. The number of carboxylic acid groups (broad SMARTS) is 1.